The van der Waals surface area contributed by atoms with Crippen LogP contribution in [-0.2, 0) is 51.3 Å². The SMILES string of the molecule is CC(C)(C)[C@H](c1cc(-c2cc(F)ccc2F)cn1Cc1ccccc1)N(CC[C@H](NC(=O)[C@H](CC(N)=O)NC(=O)Cc1ccncc1)C(=O)NCCCC(=O)CNC(=O)CCC(=O)O)C(=O)CO. The standard InChI is InChI=1S/C48H58F2N8O10/c1-48(2,3)45(39-23-32(35-24-33(49)11-12-36(35)50)28-57(39)27-31-8-5-4-6-9-31)58(43(64)29-59)21-17-37(46(67)53-18-7-10-34(60)26-54-41(62)13-14-44(65)66)56-47(68)38(25-40(51)61)55-42(63)22-30-15-19-52-20-16-30/h4-6,8-9,11-12,15-16,19-20,23-24,28,37-38,45,59H,7,10,13-14,17-18,21-22,25-27,29H2,1-3H3,(H2,51,61)(H,53,67)(H,54,62)(H,55,63)(H,56,68)(H,65,66)/t37-,38-,45-/m0/s1. The molecule has 2 aromatic carbocycles. The van der Waals surface area contributed by atoms with Gasteiger partial charge in [0.05, 0.1) is 31.8 Å². The zero-order valence-electron chi connectivity index (χ0n) is 38.1. The van der Waals surface area contributed by atoms with Gasteiger partial charge in [0.2, 0.25) is 35.4 Å². The number of rotatable bonds is 26. The smallest absolute Gasteiger partial charge is 0.303 e. The molecular formula is C48H58F2N8O10. The molecule has 2 aromatic heterocycles. The van der Waals surface area contributed by atoms with Crippen LogP contribution < -0.4 is 27.0 Å². The molecule has 0 saturated heterocycles. The summed E-state index contributed by atoms with van der Waals surface area (Å²) in [5.41, 5.74) is 6.75. The molecule has 4 aromatic rings. The van der Waals surface area contributed by atoms with E-state index in [2.05, 4.69) is 26.3 Å². The number of carbonyl (C=O) groups excluding carboxylic acids is 7. The number of primary amides is 1. The Labute approximate surface area is 392 Å². The first-order valence-electron chi connectivity index (χ1n) is 21.9. The summed E-state index contributed by atoms with van der Waals surface area (Å²) in [4.78, 5) is 107. The molecule has 0 aliphatic carbocycles. The predicted molar refractivity (Wildman–Crippen MR) is 244 cm³/mol. The molecule has 3 atom stereocenters. The summed E-state index contributed by atoms with van der Waals surface area (Å²) in [7, 11) is 0. The molecule has 364 valence electrons. The lowest BCUT2D eigenvalue weighted by Gasteiger charge is -2.41. The van der Waals surface area contributed by atoms with Gasteiger partial charge in [0, 0.05) is 67.9 Å². The molecule has 4 rings (SSSR count). The second-order valence-corrected chi connectivity index (χ2v) is 17.2. The quantitative estimate of drug-likeness (QED) is 0.0450. The van der Waals surface area contributed by atoms with Crippen molar-refractivity contribution in [2.24, 2.45) is 11.1 Å². The van der Waals surface area contributed by atoms with Crippen LogP contribution in [0.1, 0.15) is 82.2 Å². The van der Waals surface area contributed by atoms with Crippen LogP contribution in [0.2, 0.25) is 0 Å². The number of Topliss-reactive ketones (excluding diaryl/α,β-unsaturated/α-hetero) is 1. The normalized spacial score (nSPS) is 12.5. The molecule has 2 heterocycles. The van der Waals surface area contributed by atoms with Crippen LogP contribution in [0, 0.1) is 17.0 Å². The molecular weight excluding hydrogens is 887 g/mol. The second-order valence-electron chi connectivity index (χ2n) is 17.2. The number of ketones is 1. The van der Waals surface area contributed by atoms with E-state index in [1.165, 1.54) is 17.3 Å². The van der Waals surface area contributed by atoms with Gasteiger partial charge in [-0.2, -0.15) is 0 Å². The van der Waals surface area contributed by atoms with E-state index in [4.69, 9.17) is 10.8 Å². The van der Waals surface area contributed by atoms with Crippen molar-refractivity contribution in [1.82, 2.24) is 35.7 Å². The number of aromatic nitrogens is 2. The molecule has 0 saturated carbocycles. The highest BCUT2D eigenvalue weighted by atomic mass is 19.1. The van der Waals surface area contributed by atoms with E-state index in [1.807, 2.05) is 51.1 Å². The molecule has 68 heavy (non-hydrogen) atoms. The van der Waals surface area contributed by atoms with Crippen LogP contribution in [0.3, 0.4) is 0 Å². The number of benzene rings is 2. The number of hydrogen-bond acceptors (Lipinski definition) is 10. The zero-order valence-corrected chi connectivity index (χ0v) is 38.1. The van der Waals surface area contributed by atoms with E-state index in [0.29, 0.717) is 16.8 Å². The number of carboxylic acids is 1. The number of aliphatic hydroxyl groups excluding tert-OH is 1. The monoisotopic (exact) mass is 944 g/mol. The summed E-state index contributed by atoms with van der Waals surface area (Å²) in [5, 5.41) is 29.2. The Kier molecular flexibility index (Phi) is 20.0. The summed E-state index contributed by atoms with van der Waals surface area (Å²) in [6, 6.07) is 13.2. The van der Waals surface area contributed by atoms with Crippen LogP contribution >= 0.6 is 0 Å². The van der Waals surface area contributed by atoms with Gasteiger partial charge in [0.25, 0.3) is 0 Å². The zero-order chi connectivity index (χ0) is 50.0. The summed E-state index contributed by atoms with van der Waals surface area (Å²) in [6.07, 6.45) is 2.69. The first kappa shape index (κ1) is 53.3. The first-order valence-corrected chi connectivity index (χ1v) is 21.9. The number of aliphatic hydroxyl groups is 1. The lowest BCUT2D eigenvalue weighted by atomic mass is 9.82. The maximum atomic E-state index is 15.3. The number of pyridine rings is 1. The molecule has 20 heteroatoms. The topological polar surface area (TPSA) is 272 Å². The van der Waals surface area contributed by atoms with Gasteiger partial charge in [-0.3, -0.25) is 43.3 Å². The number of hydrogen-bond donors (Lipinski definition) is 7. The number of carboxylic acid groups (broad SMARTS) is 1. The van der Waals surface area contributed by atoms with Gasteiger partial charge in [-0.1, -0.05) is 51.1 Å². The van der Waals surface area contributed by atoms with Crippen molar-refractivity contribution in [2.45, 2.75) is 90.4 Å². The number of halogens is 2. The van der Waals surface area contributed by atoms with Crippen LogP contribution in [0.15, 0.2) is 85.3 Å². The number of nitrogens with two attached hydrogens (primary N) is 1. The average molecular weight is 945 g/mol. The number of nitrogens with zero attached hydrogens (tertiary/aromatic N) is 3. The minimum atomic E-state index is -1.54. The molecule has 8 N–H and O–H groups in total. The third-order valence-electron chi connectivity index (χ3n) is 10.7. The fourth-order valence-corrected chi connectivity index (χ4v) is 7.47. The lowest BCUT2D eigenvalue weighted by molar-refractivity contribution is -0.140. The van der Waals surface area contributed by atoms with E-state index in [9.17, 15) is 47.9 Å². The van der Waals surface area contributed by atoms with E-state index in [1.54, 1.807) is 29.0 Å². The Morgan fingerprint density at radius 2 is 1.53 bits per heavy atom. The highest BCUT2D eigenvalue weighted by molar-refractivity contribution is 5.95. The van der Waals surface area contributed by atoms with E-state index in [0.717, 1.165) is 23.8 Å². The molecule has 0 bridgehead atoms. The summed E-state index contributed by atoms with van der Waals surface area (Å²) in [5.74, 6) is -7.68. The van der Waals surface area contributed by atoms with Crippen molar-refractivity contribution >= 4 is 47.2 Å². The molecule has 0 fully saturated rings. The van der Waals surface area contributed by atoms with Gasteiger partial charge < -0.3 is 46.7 Å². The maximum Gasteiger partial charge on any atom is 0.303 e. The van der Waals surface area contributed by atoms with Gasteiger partial charge in [-0.05, 0) is 65.8 Å². The molecule has 0 radical (unpaired) electrons. The van der Waals surface area contributed by atoms with E-state index < -0.39 is 102 Å². The highest BCUT2D eigenvalue weighted by Crippen LogP contribution is 2.41. The minimum absolute atomic E-state index is 0.0363. The van der Waals surface area contributed by atoms with Crippen molar-refractivity contribution in [3.05, 3.63) is 114 Å². The number of carbonyl (C=O) groups is 8. The maximum absolute atomic E-state index is 15.3. The number of aliphatic carboxylic acids is 1. The van der Waals surface area contributed by atoms with Gasteiger partial charge in [0.1, 0.15) is 30.3 Å². The van der Waals surface area contributed by atoms with Crippen LogP contribution in [0.4, 0.5) is 8.78 Å². The number of amides is 6. The van der Waals surface area contributed by atoms with Crippen LogP contribution in [0.5, 0.6) is 0 Å². The number of nitrogens with one attached hydrogen (secondary N) is 4. The fraction of sp³-hybridized carbons (Fsp3) is 0.396. The predicted octanol–water partition coefficient (Wildman–Crippen LogP) is 2.71. The molecule has 18 nitrogen and oxygen atoms in total. The summed E-state index contributed by atoms with van der Waals surface area (Å²) in [6.45, 7) is 3.98. The van der Waals surface area contributed by atoms with Crippen LogP contribution in [0.25, 0.3) is 11.1 Å². The van der Waals surface area contributed by atoms with Crippen molar-refractivity contribution in [3.8, 4) is 11.1 Å². The van der Waals surface area contributed by atoms with E-state index in [-0.39, 0.29) is 63.8 Å². The Bertz CT molecular complexity index is 2410. The fourth-order valence-electron chi connectivity index (χ4n) is 7.47. The second kappa shape index (κ2) is 25.5. The Hall–Kier alpha value is -7.35. The lowest BCUT2D eigenvalue weighted by Crippen LogP contribution is -2.56. The van der Waals surface area contributed by atoms with Crippen molar-refractivity contribution in [3.63, 3.8) is 0 Å². The molecule has 6 amide bonds. The van der Waals surface area contributed by atoms with Gasteiger partial charge in [0.15, 0.2) is 5.78 Å². The average Bonchev–Trinajstić information content (AvgIpc) is 3.69. The van der Waals surface area contributed by atoms with E-state index >= 15 is 4.39 Å². The van der Waals surface area contributed by atoms with Gasteiger partial charge in [-0.25, -0.2) is 8.78 Å². The third-order valence-corrected chi connectivity index (χ3v) is 10.7. The van der Waals surface area contributed by atoms with Crippen molar-refractivity contribution in [1.29, 1.82) is 0 Å². The van der Waals surface area contributed by atoms with Crippen molar-refractivity contribution in [2.75, 3.05) is 26.2 Å². The minimum Gasteiger partial charge on any atom is -0.481 e. The molecule has 0 aliphatic heterocycles. The third kappa shape index (κ3) is 16.8. The van der Waals surface area contributed by atoms with Gasteiger partial charge in [-0.15, -0.1) is 0 Å². The Morgan fingerprint density at radius 3 is 2.18 bits per heavy atom. The van der Waals surface area contributed by atoms with Gasteiger partial charge >= 0.3 is 5.97 Å². The highest BCUT2D eigenvalue weighted by Gasteiger charge is 2.38. The molecule has 0 aliphatic rings. The van der Waals surface area contributed by atoms with Crippen molar-refractivity contribution < 1.29 is 57.4 Å². The summed E-state index contributed by atoms with van der Waals surface area (Å²) < 4.78 is 31.6. The Balaban J connectivity index is 1.66. The molecule has 0 unspecified atom stereocenters. The summed E-state index contributed by atoms with van der Waals surface area (Å²) >= 11 is 0. The van der Waals surface area contributed by atoms with Crippen LogP contribution in [-0.4, -0.2) is 110 Å². The first-order chi connectivity index (χ1) is 32.2. The Morgan fingerprint density at radius 1 is 0.824 bits per heavy atom. The largest absolute Gasteiger partial charge is 0.481 e. The molecule has 0 spiro atoms.